The molecule has 9 heavy (non-hydrogen) atoms. The molecule has 0 atom stereocenters. The second kappa shape index (κ2) is 6.99. The van der Waals surface area contributed by atoms with Crippen molar-refractivity contribution in [2.75, 3.05) is 0 Å². The molecule has 0 spiro atoms. The lowest BCUT2D eigenvalue weighted by molar-refractivity contribution is 0.964. The molecule has 0 bridgehead atoms. The Morgan fingerprint density at radius 3 is 3.00 bits per heavy atom. The Bertz CT molecular complexity index is 130. The number of nitrogens with zero attached hydrogens (tertiary/aromatic N) is 1. The SMILES string of the molecule is CCCC=C=N/C=C\N. The van der Waals surface area contributed by atoms with Crippen LogP contribution in [0.25, 0.3) is 0 Å². The van der Waals surface area contributed by atoms with Gasteiger partial charge in [0.2, 0.25) is 0 Å². The number of unbranched alkanes of at least 4 members (excludes halogenated alkanes) is 1. The van der Waals surface area contributed by atoms with E-state index in [1.807, 2.05) is 6.08 Å². The minimum Gasteiger partial charge on any atom is -0.403 e. The van der Waals surface area contributed by atoms with E-state index in [-0.39, 0.29) is 0 Å². The maximum atomic E-state index is 5.02. The summed E-state index contributed by atoms with van der Waals surface area (Å²) in [5.74, 6) is 2.72. The quantitative estimate of drug-likeness (QED) is 0.568. The lowest BCUT2D eigenvalue weighted by Crippen LogP contribution is -1.72. The average molecular weight is 124 g/mol. The highest BCUT2D eigenvalue weighted by Gasteiger charge is 1.66. The molecular formula is C7H12N2. The first kappa shape index (κ1) is 7.99. The van der Waals surface area contributed by atoms with E-state index in [2.05, 4.69) is 17.8 Å². The number of aliphatic imine (C=N–C) groups is 1. The zero-order chi connectivity index (χ0) is 6.95. The summed E-state index contributed by atoms with van der Waals surface area (Å²) in [7, 11) is 0. The largest absolute Gasteiger partial charge is 0.403 e. The van der Waals surface area contributed by atoms with Gasteiger partial charge in [0, 0.05) is 6.20 Å². The van der Waals surface area contributed by atoms with Crippen molar-refractivity contribution in [3.8, 4) is 0 Å². The molecule has 0 aromatic rings. The Labute approximate surface area is 55.8 Å². The molecule has 0 unspecified atom stereocenters. The third-order valence-corrected chi connectivity index (χ3v) is 0.759. The molecule has 0 aliphatic heterocycles. The smallest absolute Gasteiger partial charge is 0.0522 e. The molecule has 50 valence electrons. The van der Waals surface area contributed by atoms with Crippen LogP contribution in [0.5, 0.6) is 0 Å². The van der Waals surface area contributed by atoms with Crippen molar-refractivity contribution in [3.63, 3.8) is 0 Å². The molecule has 0 fully saturated rings. The molecule has 0 amide bonds. The van der Waals surface area contributed by atoms with Crippen LogP contribution in [0, 0.1) is 0 Å². The second-order valence-corrected chi connectivity index (χ2v) is 1.59. The van der Waals surface area contributed by atoms with Crippen LogP contribution in [0.3, 0.4) is 0 Å². The van der Waals surface area contributed by atoms with Crippen molar-refractivity contribution in [3.05, 3.63) is 18.5 Å². The predicted octanol–water partition coefficient (Wildman–Crippen LogP) is 1.44. The van der Waals surface area contributed by atoms with Gasteiger partial charge in [-0.15, -0.1) is 0 Å². The van der Waals surface area contributed by atoms with Gasteiger partial charge in [-0.3, -0.25) is 0 Å². The maximum Gasteiger partial charge on any atom is 0.0522 e. The number of rotatable bonds is 3. The summed E-state index contributed by atoms with van der Waals surface area (Å²) in [5, 5.41) is 0. The van der Waals surface area contributed by atoms with E-state index in [1.54, 1.807) is 0 Å². The summed E-state index contributed by atoms with van der Waals surface area (Å²) < 4.78 is 0. The van der Waals surface area contributed by atoms with E-state index < -0.39 is 0 Å². The van der Waals surface area contributed by atoms with Crippen molar-refractivity contribution >= 4 is 5.87 Å². The van der Waals surface area contributed by atoms with Gasteiger partial charge in [0.1, 0.15) is 0 Å². The molecule has 0 aromatic heterocycles. The Morgan fingerprint density at radius 2 is 2.44 bits per heavy atom. The molecule has 0 saturated carbocycles. The molecule has 0 aliphatic rings. The van der Waals surface area contributed by atoms with Crippen LogP contribution in [0.1, 0.15) is 19.8 Å². The minimum atomic E-state index is 1.03. The first-order valence-electron chi connectivity index (χ1n) is 3.05. The predicted molar refractivity (Wildman–Crippen MR) is 40.2 cm³/mol. The van der Waals surface area contributed by atoms with Gasteiger partial charge in [-0.25, -0.2) is 4.99 Å². The van der Waals surface area contributed by atoms with E-state index in [0.29, 0.717) is 0 Å². The molecule has 2 heteroatoms. The Hall–Kier alpha value is -1.01. The first-order valence-corrected chi connectivity index (χ1v) is 3.05. The summed E-state index contributed by atoms with van der Waals surface area (Å²) in [5.41, 5.74) is 5.02. The number of allylic oxidation sites excluding steroid dienone is 1. The molecule has 0 aliphatic carbocycles. The van der Waals surface area contributed by atoms with E-state index in [1.165, 1.54) is 12.4 Å². The van der Waals surface area contributed by atoms with Crippen molar-refractivity contribution in [1.82, 2.24) is 0 Å². The van der Waals surface area contributed by atoms with Crippen molar-refractivity contribution in [2.45, 2.75) is 19.8 Å². The number of hydrogen-bond acceptors (Lipinski definition) is 2. The highest BCUT2D eigenvalue weighted by atomic mass is 14.7. The normalized spacial score (nSPS) is 9.00. The van der Waals surface area contributed by atoms with Gasteiger partial charge < -0.3 is 5.73 Å². The van der Waals surface area contributed by atoms with Gasteiger partial charge >= 0.3 is 0 Å². The number of hydrogen-bond donors (Lipinski definition) is 1. The molecule has 2 nitrogen and oxygen atoms in total. The molecule has 0 aromatic carbocycles. The van der Waals surface area contributed by atoms with Gasteiger partial charge in [-0.1, -0.05) is 13.3 Å². The molecule has 0 radical (unpaired) electrons. The van der Waals surface area contributed by atoms with Gasteiger partial charge in [0.15, 0.2) is 0 Å². The van der Waals surface area contributed by atoms with Crippen molar-refractivity contribution < 1.29 is 0 Å². The van der Waals surface area contributed by atoms with Crippen molar-refractivity contribution in [1.29, 1.82) is 0 Å². The summed E-state index contributed by atoms with van der Waals surface area (Å²) in [6.45, 7) is 2.11. The zero-order valence-electron chi connectivity index (χ0n) is 5.67. The van der Waals surface area contributed by atoms with Crippen LogP contribution in [0.2, 0.25) is 0 Å². The summed E-state index contributed by atoms with van der Waals surface area (Å²) in [6, 6.07) is 0. The highest BCUT2D eigenvalue weighted by Crippen LogP contribution is 1.82. The standard InChI is InChI=1S/C7H12N2/c1-2-3-4-6-9-7-5-8/h4-5,7H,2-3,8H2,1H3/b7-5-. The Balaban J connectivity index is 3.41. The van der Waals surface area contributed by atoms with Crippen LogP contribution in [-0.4, -0.2) is 5.87 Å². The molecule has 0 saturated heterocycles. The van der Waals surface area contributed by atoms with Crippen LogP contribution in [0.15, 0.2) is 23.5 Å². The van der Waals surface area contributed by atoms with E-state index in [9.17, 15) is 0 Å². The van der Waals surface area contributed by atoms with E-state index in [4.69, 9.17) is 5.73 Å². The third kappa shape index (κ3) is 6.99. The summed E-state index contributed by atoms with van der Waals surface area (Å²) in [6.07, 6.45) is 6.94. The third-order valence-electron chi connectivity index (χ3n) is 0.759. The topological polar surface area (TPSA) is 38.4 Å². The number of nitrogens with two attached hydrogens (primary N) is 1. The molecular weight excluding hydrogens is 112 g/mol. The summed E-state index contributed by atoms with van der Waals surface area (Å²) in [4.78, 5) is 3.72. The maximum absolute atomic E-state index is 5.02. The van der Waals surface area contributed by atoms with E-state index >= 15 is 0 Å². The van der Waals surface area contributed by atoms with Gasteiger partial charge in [-0.05, 0) is 18.4 Å². The lowest BCUT2D eigenvalue weighted by Gasteiger charge is -1.74. The van der Waals surface area contributed by atoms with Gasteiger partial charge in [0.25, 0.3) is 0 Å². The van der Waals surface area contributed by atoms with Crippen LogP contribution >= 0.6 is 0 Å². The first-order chi connectivity index (χ1) is 4.41. The molecule has 0 heterocycles. The van der Waals surface area contributed by atoms with Gasteiger partial charge in [0.05, 0.1) is 6.20 Å². The van der Waals surface area contributed by atoms with Gasteiger partial charge in [-0.2, -0.15) is 0 Å². The summed E-state index contributed by atoms with van der Waals surface area (Å²) >= 11 is 0. The van der Waals surface area contributed by atoms with E-state index in [0.717, 1.165) is 12.8 Å². The highest BCUT2D eigenvalue weighted by molar-refractivity contribution is 5.52. The van der Waals surface area contributed by atoms with Crippen LogP contribution in [0.4, 0.5) is 0 Å². The van der Waals surface area contributed by atoms with Crippen LogP contribution in [-0.2, 0) is 0 Å². The molecule has 2 N–H and O–H groups in total. The lowest BCUT2D eigenvalue weighted by atomic mass is 10.3. The minimum absolute atomic E-state index is 1.03. The fourth-order valence-electron chi connectivity index (χ4n) is 0.348. The Morgan fingerprint density at radius 1 is 1.67 bits per heavy atom. The average Bonchev–Trinajstić information content (AvgIpc) is 1.89. The zero-order valence-corrected chi connectivity index (χ0v) is 5.67. The fourth-order valence-corrected chi connectivity index (χ4v) is 0.348. The van der Waals surface area contributed by atoms with Crippen molar-refractivity contribution in [2.24, 2.45) is 10.7 Å². The monoisotopic (exact) mass is 124 g/mol. The second-order valence-electron chi connectivity index (χ2n) is 1.59. The van der Waals surface area contributed by atoms with Crippen LogP contribution < -0.4 is 5.73 Å². The Kier molecular flexibility index (Phi) is 6.21. The fraction of sp³-hybridized carbons (Fsp3) is 0.429. The molecule has 0 rings (SSSR count).